The molecule has 3 fully saturated rings. The number of benzene rings is 2. The van der Waals surface area contributed by atoms with Gasteiger partial charge in [0.1, 0.15) is 11.6 Å². The van der Waals surface area contributed by atoms with Crippen LogP contribution >= 0.6 is 15.9 Å². The van der Waals surface area contributed by atoms with Gasteiger partial charge in [-0.1, -0.05) is 46.3 Å². The summed E-state index contributed by atoms with van der Waals surface area (Å²) in [5, 5.41) is 14.3. The number of alkyl halides is 1. The molecule has 0 aliphatic carbocycles. The van der Waals surface area contributed by atoms with Gasteiger partial charge in [-0.05, 0) is 49.1 Å². The number of esters is 1. The molecule has 3 heterocycles. The van der Waals surface area contributed by atoms with Crippen molar-refractivity contribution in [3.63, 3.8) is 0 Å². The lowest BCUT2D eigenvalue weighted by Crippen LogP contribution is -2.54. The van der Waals surface area contributed by atoms with Crippen molar-refractivity contribution >= 4 is 50.2 Å². The first kappa shape index (κ1) is 24.2. The number of likely N-dealkylation sites (tertiary alicyclic amines) is 1. The highest BCUT2D eigenvalue weighted by Gasteiger charge is 2.76. The van der Waals surface area contributed by atoms with Gasteiger partial charge in [0.05, 0.1) is 24.5 Å². The van der Waals surface area contributed by atoms with Crippen molar-refractivity contribution in [2.45, 2.75) is 48.8 Å². The molecule has 1 spiro atoms. The molecule has 2 aromatic carbocycles. The lowest BCUT2D eigenvalue weighted by atomic mass is 9.70. The summed E-state index contributed by atoms with van der Waals surface area (Å²) in [5.41, 5.74) is -0.491. The summed E-state index contributed by atoms with van der Waals surface area (Å²) >= 11 is 3.63. The van der Waals surface area contributed by atoms with E-state index in [0.29, 0.717) is 31.5 Å². The zero-order valence-corrected chi connectivity index (χ0v) is 21.1. The minimum atomic E-state index is -1.12. The summed E-state index contributed by atoms with van der Waals surface area (Å²) in [6, 6.07) is 12.6. The summed E-state index contributed by atoms with van der Waals surface area (Å²) in [6.07, 6.45) is 0.956. The molecule has 0 aromatic heterocycles. The van der Waals surface area contributed by atoms with E-state index >= 15 is 0 Å². The zero-order chi connectivity index (χ0) is 24.7. The molecule has 2 N–H and O–H groups in total. The summed E-state index contributed by atoms with van der Waals surface area (Å²) < 4.78 is 11.7. The van der Waals surface area contributed by atoms with E-state index in [0.717, 1.165) is 10.8 Å². The largest absolute Gasteiger partial charge is 0.466 e. The van der Waals surface area contributed by atoms with Crippen LogP contribution in [0.3, 0.4) is 0 Å². The molecule has 35 heavy (non-hydrogen) atoms. The Balaban J connectivity index is 1.49. The van der Waals surface area contributed by atoms with Crippen LogP contribution in [0.5, 0.6) is 0 Å². The molecule has 6 atom stereocenters. The number of amides is 2. The number of unbranched alkanes of at least 4 members (excludes halogenated alkanes) is 1. The van der Waals surface area contributed by atoms with Crippen molar-refractivity contribution in [2.24, 2.45) is 11.8 Å². The second-order valence-electron chi connectivity index (χ2n) is 9.43. The fourth-order valence-corrected chi connectivity index (χ4v) is 6.99. The summed E-state index contributed by atoms with van der Waals surface area (Å²) in [5.74, 6) is -2.61. The number of carbonyl (C=O) groups is 3. The third kappa shape index (κ3) is 3.93. The standard InChI is InChI=1S/C26H29BrN2O6/c1-2-34-25(33)19-20-24(32)29(11-5-6-12-30)22(26(20)14-18(27)21(19)35-26)23(31)28-17-10-9-15-7-3-4-8-16(15)13-17/h3-4,7-10,13,18-22,30H,2,5-6,11-12,14H2,1H3,(H,28,31)/t18?,19-,20+,21-,22-,26+/m0/s1. The summed E-state index contributed by atoms with van der Waals surface area (Å²) in [6.45, 7) is 2.22. The fourth-order valence-electron chi connectivity index (χ4n) is 6.05. The Morgan fingerprint density at radius 2 is 2.00 bits per heavy atom. The van der Waals surface area contributed by atoms with E-state index < -0.39 is 35.6 Å². The van der Waals surface area contributed by atoms with E-state index in [4.69, 9.17) is 9.47 Å². The second kappa shape index (κ2) is 9.52. The van der Waals surface area contributed by atoms with Crippen LogP contribution in [0.15, 0.2) is 42.5 Å². The van der Waals surface area contributed by atoms with E-state index in [-0.39, 0.29) is 29.9 Å². The molecule has 2 aromatic rings. The van der Waals surface area contributed by atoms with Gasteiger partial charge in [0, 0.05) is 23.7 Å². The number of ether oxygens (including phenoxy) is 2. The van der Waals surface area contributed by atoms with Gasteiger partial charge in [-0.3, -0.25) is 14.4 Å². The minimum absolute atomic E-state index is 0.00193. The number of aliphatic hydroxyl groups excluding tert-OH is 1. The smallest absolute Gasteiger partial charge is 0.312 e. The first-order chi connectivity index (χ1) is 16.9. The van der Waals surface area contributed by atoms with Gasteiger partial charge in [-0.2, -0.15) is 0 Å². The van der Waals surface area contributed by atoms with Gasteiger partial charge >= 0.3 is 5.97 Å². The van der Waals surface area contributed by atoms with Gasteiger partial charge in [-0.15, -0.1) is 0 Å². The Kier molecular flexibility index (Phi) is 6.59. The SMILES string of the molecule is CCOC(=O)[C@@H]1[C@H]2O[C@@]3(CC2Br)[C@H](C(=O)Nc2ccc4ccccc4c2)N(CCCCO)C(=O)[C@@H]13. The van der Waals surface area contributed by atoms with Gasteiger partial charge in [0.15, 0.2) is 0 Å². The maximum Gasteiger partial charge on any atom is 0.312 e. The number of hydrogen-bond donors (Lipinski definition) is 2. The molecular formula is C26H29BrN2O6. The van der Waals surface area contributed by atoms with Gasteiger partial charge < -0.3 is 24.8 Å². The van der Waals surface area contributed by atoms with Crippen LogP contribution in [0, 0.1) is 11.8 Å². The maximum absolute atomic E-state index is 13.8. The average Bonchev–Trinajstić information content (AvgIpc) is 3.43. The Morgan fingerprint density at radius 1 is 1.23 bits per heavy atom. The molecule has 3 aliphatic rings. The van der Waals surface area contributed by atoms with E-state index in [9.17, 15) is 19.5 Å². The third-order valence-corrected chi connectivity index (χ3v) is 8.27. The Hall–Kier alpha value is -2.49. The monoisotopic (exact) mass is 544 g/mol. The molecule has 1 unspecified atom stereocenters. The second-order valence-corrected chi connectivity index (χ2v) is 10.6. The highest BCUT2D eigenvalue weighted by Crippen LogP contribution is 2.60. The van der Waals surface area contributed by atoms with Crippen molar-refractivity contribution in [1.82, 2.24) is 4.90 Å². The first-order valence-electron chi connectivity index (χ1n) is 12.1. The maximum atomic E-state index is 13.8. The number of nitrogens with one attached hydrogen (secondary N) is 1. The lowest BCUT2D eigenvalue weighted by Gasteiger charge is -2.34. The van der Waals surface area contributed by atoms with E-state index in [1.807, 2.05) is 42.5 Å². The van der Waals surface area contributed by atoms with Crippen LogP contribution in [0.1, 0.15) is 26.2 Å². The molecule has 0 saturated carbocycles. The van der Waals surface area contributed by atoms with Crippen LogP contribution in [0.2, 0.25) is 0 Å². The van der Waals surface area contributed by atoms with Crippen LogP contribution in [-0.2, 0) is 23.9 Å². The van der Waals surface area contributed by atoms with Gasteiger partial charge in [0.25, 0.3) is 0 Å². The predicted octanol–water partition coefficient (Wildman–Crippen LogP) is 2.86. The van der Waals surface area contributed by atoms with Crippen molar-refractivity contribution < 1.29 is 29.0 Å². The van der Waals surface area contributed by atoms with Crippen LogP contribution < -0.4 is 5.32 Å². The van der Waals surface area contributed by atoms with E-state index in [1.165, 1.54) is 0 Å². The fraction of sp³-hybridized carbons (Fsp3) is 0.500. The molecule has 9 heteroatoms. The number of aliphatic hydroxyl groups is 1. The van der Waals surface area contributed by atoms with Gasteiger partial charge in [0.2, 0.25) is 11.8 Å². The number of hydrogen-bond acceptors (Lipinski definition) is 6. The van der Waals surface area contributed by atoms with E-state index in [2.05, 4.69) is 21.2 Å². The van der Waals surface area contributed by atoms with Crippen molar-refractivity contribution in [2.75, 3.05) is 25.1 Å². The van der Waals surface area contributed by atoms with Crippen molar-refractivity contribution in [1.29, 1.82) is 0 Å². The first-order valence-corrected chi connectivity index (χ1v) is 13.0. The predicted molar refractivity (Wildman–Crippen MR) is 133 cm³/mol. The van der Waals surface area contributed by atoms with Crippen LogP contribution in [-0.4, -0.2) is 70.1 Å². The normalized spacial score (nSPS) is 31.1. The molecule has 5 rings (SSSR count). The quantitative estimate of drug-likeness (QED) is 0.301. The molecule has 8 nitrogen and oxygen atoms in total. The third-order valence-electron chi connectivity index (χ3n) is 7.42. The minimum Gasteiger partial charge on any atom is -0.466 e. The molecule has 0 radical (unpaired) electrons. The molecular weight excluding hydrogens is 516 g/mol. The van der Waals surface area contributed by atoms with Crippen LogP contribution in [0.25, 0.3) is 10.8 Å². The molecule has 3 saturated heterocycles. The number of rotatable bonds is 8. The number of nitrogens with zero attached hydrogens (tertiary/aromatic N) is 1. The topological polar surface area (TPSA) is 105 Å². The van der Waals surface area contributed by atoms with E-state index in [1.54, 1.807) is 11.8 Å². The molecule has 186 valence electrons. The average molecular weight is 545 g/mol. The summed E-state index contributed by atoms with van der Waals surface area (Å²) in [7, 11) is 0. The Morgan fingerprint density at radius 3 is 2.74 bits per heavy atom. The number of fused-ring (bicyclic) bond motifs is 2. The van der Waals surface area contributed by atoms with Crippen molar-refractivity contribution in [3.8, 4) is 0 Å². The molecule has 3 aliphatic heterocycles. The van der Waals surface area contributed by atoms with Crippen LogP contribution in [0.4, 0.5) is 5.69 Å². The van der Waals surface area contributed by atoms with Crippen molar-refractivity contribution in [3.05, 3.63) is 42.5 Å². The zero-order valence-electron chi connectivity index (χ0n) is 19.5. The van der Waals surface area contributed by atoms with Gasteiger partial charge in [-0.25, -0.2) is 0 Å². The Bertz CT molecular complexity index is 1160. The highest BCUT2D eigenvalue weighted by molar-refractivity contribution is 9.09. The number of anilines is 1. The summed E-state index contributed by atoms with van der Waals surface area (Å²) in [4.78, 5) is 41.8. The molecule has 2 bridgehead atoms. The number of carbonyl (C=O) groups excluding carboxylic acids is 3. The highest BCUT2D eigenvalue weighted by atomic mass is 79.9. The molecule has 2 amide bonds. The Labute approximate surface area is 212 Å². The lowest BCUT2D eigenvalue weighted by molar-refractivity contribution is -0.154. The number of halogens is 1.